The summed E-state index contributed by atoms with van der Waals surface area (Å²) in [5.74, 6) is 0.765. The zero-order valence-electron chi connectivity index (χ0n) is 12.6. The van der Waals surface area contributed by atoms with Gasteiger partial charge in [0.25, 0.3) is 5.91 Å². The summed E-state index contributed by atoms with van der Waals surface area (Å²) in [5, 5.41) is 3.14. The lowest BCUT2D eigenvalue weighted by atomic mass is 9.89. The van der Waals surface area contributed by atoms with E-state index < -0.39 is 0 Å². The molecule has 0 spiro atoms. The van der Waals surface area contributed by atoms with Crippen molar-refractivity contribution in [2.75, 3.05) is 0 Å². The minimum absolute atomic E-state index is 0.0560. The van der Waals surface area contributed by atoms with Crippen molar-refractivity contribution in [1.82, 2.24) is 5.32 Å². The van der Waals surface area contributed by atoms with Crippen molar-refractivity contribution in [3.63, 3.8) is 0 Å². The fourth-order valence-corrected chi connectivity index (χ4v) is 3.28. The highest BCUT2D eigenvalue weighted by molar-refractivity contribution is 9.10. The van der Waals surface area contributed by atoms with Crippen molar-refractivity contribution >= 4 is 21.8 Å². The van der Waals surface area contributed by atoms with Crippen molar-refractivity contribution in [3.8, 4) is 5.75 Å². The molecule has 0 saturated heterocycles. The summed E-state index contributed by atoms with van der Waals surface area (Å²) < 4.78 is 6.80. The Labute approximate surface area is 138 Å². The molecule has 22 heavy (non-hydrogen) atoms. The molecule has 2 aromatic carbocycles. The van der Waals surface area contributed by atoms with E-state index >= 15 is 0 Å². The molecule has 0 saturated carbocycles. The molecular formula is C18H18BrNO2. The molecule has 0 bridgehead atoms. The fraction of sp³-hybridized carbons (Fsp3) is 0.278. The van der Waals surface area contributed by atoms with Crippen LogP contribution in [0.1, 0.15) is 42.2 Å². The van der Waals surface area contributed by atoms with E-state index in [1.165, 1.54) is 0 Å². The molecule has 114 valence electrons. The molecule has 4 heteroatoms. The Kier molecular flexibility index (Phi) is 3.96. The number of halogens is 1. The highest BCUT2D eigenvalue weighted by Gasteiger charge is 2.34. The van der Waals surface area contributed by atoms with Gasteiger partial charge in [0.1, 0.15) is 11.4 Å². The Morgan fingerprint density at radius 1 is 1.18 bits per heavy atom. The van der Waals surface area contributed by atoms with Gasteiger partial charge in [0.2, 0.25) is 0 Å². The average Bonchev–Trinajstić information content (AvgIpc) is 2.46. The first-order valence-corrected chi connectivity index (χ1v) is 8.09. The molecule has 0 unspecified atom stereocenters. The SMILES string of the molecule is CC1(C)C[C@@H](NC(=O)c2ccccc2Br)c2ccccc2O1. The van der Waals surface area contributed by atoms with Gasteiger partial charge in [0.05, 0.1) is 11.6 Å². The minimum Gasteiger partial charge on any atom is -0.487 e. The lowest BCUT2D eigenvalue weighted by molar-refractivity contribution is 0.0619. The maximum Gasteiger partial charge on any atom is 0.252 e. The van der Waals surface area contributed by atoms with E-state index in [-0.39, 0.29) is 17.6 Å². The van der Waals surface area contributed by atoms with Gasteiger partial charge in [-0.3, -0.25) is 4.79 Å². The van der Waals surface area contributed by atoms with Gasteiger partial charge >= 0.3 is 0 Å². The van der Waals surface area contributed by atoms with Crippen LogP contribution in [-0.2, 0) is 0 Å². The summed E-state index contributed by atoms with van der Waals surface area (Å²) in [6.07, 6.45) is 0.736. The largest absolute Gasteiger partial charge is 0.487 e. The second-order valence-electron chi connectivity index (χ2n) is 6.11. The third kappa shape index (κ3) is 3.02. The van der Waals surface area contributed by atoms with Crippen LogP contribution in [0.3, 0.4) is 0 Å². The van der Waals surface area contributed by atoms with Crippen molar-refractivity contribution < 1.29 is 9.53 Å². The van der Waals surface area contributed by atoms with Gasteiger partial charge in [-0.2, -0.15) is 0 Å². The third-order valence-electron chi connectivity index (χ3n) is 3.80. The van der Waals surface area contributed by atoms with Crippen LogP contribution in [0.15, 0.2) is 53.0 Å². The molecule has 3 nitrogen and oxygen atoms in total. The number of carbonyl (C=O) groups excluding carboxylic acids is 1. The first kappa shape index (κ1) is 15.1. The molecule has 1 aliphatic heterocycles. The van der Waals surface area contributed by atoms with Gasteiger partial charge in [-0.15, -0.1) is 0 Å². The fourth-order valence-electron chi connectivity index (χ4n) is 2.81. The summed E-state index contributed by atoms with van der Waals surface area (Å²) in [6, 6.07) is 15.3. The molecule has 3 rings (SSSR count). The minimum atomic E-state index is -0.305. The van der Waals surface area contributed by atoms with Crippen molar-refractivity contribution in [1.29, 1.82) is 0 Å². The number of ether oxygens (including phenoxy) is 1. The molecule has 1 aliphatic rings. The zero-order valence-corrected chi connectivity index (χ0v) is 14.2. The van der Waals surface area contributed by atoms with Crippen LogP contribution >= 0.6 is 15.9 Å². The van der Waals surface area contributed by atoms with Gasteiger partial charge in [-0.1, -0.05) is 30.3 Å². The summed E-state index contributed by atoms with van der Waals surface area (Å²) in [6.45, 7) is 4.08. The normalized spacial score (nSPS) is 19.0. The Morgan fingerprint density at radius 3 is 2.64 bits per heavy atom. The number of para-hydroxylation sites is 1. The van der Waals surface area contributed by atoms with Gasteiger partial charge in [0, 0.05) is 16.5 Å². The van der Waals surface area contributed by atoms with E-state index in [9.17, 15) is 4.79 Å². The van der Waals surface area contributed by atoms with Crippen LogP contribution in [0.25, 0.3) is 0 Å². The monoisotopic (exact) mass is 359 g/mol. The molecular weight excluding hydrogens is 342 g/mol. The molecule has 0 radical (unpaired) electrons. The van der Waals surface area contributed by atoms with Crippen molar-refractivity contribution in [3.05, 3.63) is 64.1 Å². The van der Waals surface area contributed by atoms with E-state index in [0.29, 0.717) is 5.56 Å². The number of amides is 1. The Morgan fingerprint density at radius 2 is 1.86 bits per heavy atom. The number of fused-ring (bicyclic) bond motifs is 1. The molecule has 1 amide bonds. The van der Waals surface area contributed by atoms with Crippen LogP contribution in [-0.4, -0.2) is 11.5 Å². The van der Waals surface area contributed by atoms with Crippen LogP contribution < -0.4 is 10.1 Å². The van der Waals surface area contributed by atoms with Crippen molar-refractivity contribution in [2.24, 2.45) is 0 Å². The molecule has 0 aromatic heterocycles. The summed E-state index contributed by atoms with van der Waals surface area (Å²) in [7, 11) is 0. The number of nitrogens with one attached hydrogen (secondary N) is 1. The second kappa shape index (κ2) is 5.76. The summed E-state index contributed by atoms with van der Waals surface area (Å²) >= 11 is 3.43. The first-order chi connectivity index (χ1) is 10.5. The number of rotatable bonds is 2. The molecule has 1 atom stereocenters. The summed E-state index contributed by atoms with van der Waals surface area (Å²) in [4.78, 5) is 12.6. The maximum absolute atomic E-state index is 12.6. The second-order valence-corrected chi connectivity index (χ2v) is 6.96. The lowest BCUT2D eigenvalue weighted by Gasteiger charge is -2.37. The van der Waals surface area contributed by atoms with Crippen LogP contribution in [0, 0.1) is 0 Å². The summed E-state index contributed by atoms with van der Waals surface area (Å²) in [5.41, 5.74) is 1.37. The standard InChI is InChI=1S/C18H18BrNO2/c1-18(2)11-15(13-8-4-6-10-16(13)22-18)20-17(21)12-7-3-5-9-14(12)19/h3-10,15H,11H2,1-2H3,(H,20,21)/t15-/m1/s1. The van der Waals surface area contributed by atoms with Crippen LogP contribution in [0.2, 0.25) is 0 Å². The van der Waals surface area contributed by atoms with E-state index in [1.54, 1.807) is 0 Å². The Hall–Kier alpha value is -1.81. The van der Waals surface area contributed by atoms with Crippen LogP contribution in [0.5, 0.6) is 5.75 Å². The van der Waals surface area contributed by atoms with Gasteiger partial charge in [-0.25, -0.2) is 0 Å². The van der Waals surface area contributed by atoms with Crippen LogP contribution in [0.4, 0.5) is 0 Å². The molecule has 1 N–H and O–H groups in total. The number of benzene rings is 2. The highest BCUT2D eigenvalue weighted by Crippen LogP contribution is 2.39. The lowest BCUT2D eigenvalue weighted by Crippen LogP contribution is -2.41. The topological polar surface area (TPSA) is 38.3 Å². The molecule has 0 aliphatic carbocycles. The average molecular weight is 360 g/mol. The van der Waals surface area contributed by atoms with Gasteiger partial charge in [0.15, 0.2) is 0 Å². The Balaban J connectivity index is 1.89. The predicted octanol–water partition coefficient (Wildman–Crippen LogP) is 4.48. The van der Waals surface area contributed by atoms with E-state index in [2.05, 4.69) is 21.2 Å². The highest BCUT2D eigenvalue weighted by atomic mass is 79.9. The van der Waals surface area contributed by atoms with E-state index in [0.717, 1.165) is 22.2 Å². The molecule has 2 aromatic rings. The number of hydrogen-bond donors (Lipinski definition) is 1. The Bertz CT molecular complexity index is 712. The van der Waals surface area contributed by atoms with Crippen molar-refractivity contribution in [2.45, 2.75) is 31.9 Å². The van der Waals surface area contributed by atoms with E-state index in [4.69, 9.17) is 4.74 Å². The zero-order chi connectivity index (χ0) is 15.7. The first-order valence-electron chi connectivity index (χ1n) is 7.30. The quantitative estimate of drug-likeness (QED) is 0.858. The molecule has 1 heterocycles. The maximum atomic E-state index is 12.6. The molecule has 0 fully saturated rings. The number of hydrogen-bond acceptors (Lipinski definition) is 2. The predicted molar refractivity (Wildman–Crippen MR) is 90.1 cm³/mol. The third-order valence-corrected chi connectivity index (χ3v) is 4.49. The number of carbonyl (C=O) groups is 1. The smallest absolute Gasteiger partial charge is 0.252 e. The van der Waals surface area contributed by atoms with E-state index in [1.807, 2.05) is 62.4 Å². The van der Waals surface area contributed by atoms with Gasteiger partial charge < -0.3 is 10.1 Å². The van der Waals surface area contributed by atoms with Gasteiger partial charge in [-0.05, 0) is 48.0 Å².